The highest BCUT2D eigenvalue weighted by Gasteiger charge is 2.12. The summed E-state index contributed by atoms with van der Waals surface area (Å²) in [4.78, 5) is 0. The molecular weight excluding hydrogens is 285 g/mol. The molecule has 18 heavy (non-hydrogen) atoms. The molecule has 1 unspecified atom stereocenters. The van der Waals surface area contributed by atoms with Crippen LogP contribution in [0, 0.1) is 6.92 Å². The van der Waals surface area contributed by atoms with Gasteiger partial charge in [0.2, 0.25) is 0 Å². The minimum atomic E-state index is 0.196. The fraction of sp³-hybridized carbons (Fsp3) is 0.286. The molecule has 1 heterocycles. The van der Waals surface area contributed by atoms with Crippen molar-refractivity contribution >= 4 is 34.5 Å². The van der Waals surface area contributed by atoms with Gasteiger partial charge in [-0.15, -0.1) is 11.3 Å². The third kappa shape index (κ3) is 3.48. The van der Waals surface area contributed by atoms with Crippen molar-refractivity contribution in [2.75, 3.05) is 0 Å². The molecular formula is C14H15Cl2NS. The molecule has 1 N–H and O–H groups in total. The van der Waals surface area contributed by atoms with Crippen molar-refractivity contribution in [3.63, 3.8) is 0 Å². The Morgan fingerprint density at radius 3 is 2.67 bits per heavy atom. The van der Waals surface area contributed by atoms with Crippen LogP contribution in [0.5, 0.6) is 0 Å². The minimum absolute atomic E-state index is 0.196. The first-order valence-corrected chi connectivity index (χ1v) is 7.37. The van der Waals surface area contributed by atoms with Crippen molar-refractivity contribution in [2.24, 2.45) is 0 Å². The van der Waals surface area contributed by atoms with E-state index >= 15 is 0 Å². The lowest BCUT2D eigenvalue weighted by Crippen LogP contribution is -2.17. The second-order valence-electron chi connectivity index (χ2n) is 4.37. The van der Waals surface area contributed by atoms with Crippen molar-refractivity contribution < 1.29 is 0 Å². The van der Waals surface area contributed by atoms with Gasteiger partial charge in [0.25, 0.3) is 0 Å². The molecule has 2 aromatic rings. The van der Waals surface area contributed by atoms with Crippen molar-refractivity contribution in [1.29, 1.82) is 0 Å². The number of thiophene rings is 1. The maximum Gasteiger partial charge on any atom is 0.0991 e. The number of rotatable bonds is 4. The molecule has 0 amide bonds. The second kappa shape index (κ2) is 6.07. The maximum absolute atomic E-state index is 6.14. The smallest absolute Gasteiger partial charge is 0.0991 e. The number of nitrogens with one attached hydrogen (secondary N) is 1. The summed E-state index contributed by atoms with van der Waals surface area (Å²) in [6.45, 7) is 5.02. The van der Waals surface area contributed by atoms with E-state index in [4.69, 9.17) is 23.2 Å². The van der Waals surface area contributed by atoms with Gasteiger partial charge in [0.15, 0.2) is 0 Å². The van der Waals surface area contributed by atoms with Gasteiger partial charge in [0, 0.05) is 12.6 Å². The summed E-state index contributed by atoms with van der Waals surface area (Å²) in [5.41, 5.74) is 3.62. The molecule has 1 aromatic carbocycles. The molecule has 0 saturated heterocycles. The highest BCUT2D eigenvalue weighted by molar-refractivity contribution is 7.20. The Hall–Kier alpha value is -0.540. The predicted octanol–water partition coefficient (Wildman–Crippen LogP) is 5.21. The fourth-order valence-electron chi connectivity index (χ4n) is 1.85. The van der Waals surface area contributed by atoms with Gasteiger partial charge in [0.1, 0.15) is 0 Å². The van der Waals surface area contributed by atoms with E-state index in [1.165, 1.54) is 22.5 Å². The molecule has 0 fully saturated rings. The SMILES string of the molecule is Cc1cccc(CNC(C)c2cc(Cl)sc2Cl)c1. The van der Waals surface area contributed by atoms with Crippen LogP contribution >= 0.6 is 34.5 Å². The van der Waals surface area contributed by atoms with Gasteiger partial charge in [-0.1, -0.05) is 53.0 Å². The van der Waals surface area contributed by atoms with Crippen LogP contribution in [0.4, 0.5) is 0 Å². The summed E-state index contributed by atoms with van der Waals surface area (Å²) in [7, 11) is 0. The molecule has 1 atom stereocenters. The van der Waals surface area contributed by atoms with E-state index in [9.17, 15) is 0 Å². The Morgan fingerprint density at radius 2 is 2.06 bits per heavy atom. The van der Waals surface area contributed by atoms with Gasteiger partial charge < -0.3 is 5.32 Å². The number of aryl methyl sites for hydroxylation is 1. The van der Waals surface area contributed by atoms with E-state index in [1.807, 2.05) is 6.07 Å². The topological polar surface area (TPSA) is 12.0 Å². The molecule has 1 nitrogen and oxygen atoms in total. The van der Waals surface area contributed by atoms with Crippen LogP contribution in [0.1, 0.15) is 29.7 Å². The quantitative estimate of drug-likeness (QED) is 0.817. The number of hydrogen-bond acceptors (Lipinski definition) is 2. The second-order valence-corrected chi connectivity index (χ2v) is 6.66. The van der Waals surface area contributed by atoms with Crippen molar-refractivity contribution in [3.8, 4) is 0 Å². The van der Waals surface area contributed by atoms with Crippen LogP contribution in [-0.4, -0.2) is 0 Å². The van der Waals surface area contributed by atoms with Crippen molar-refractivity contribution in [3.05, 3.63) is 55.7 Å². The lowest BCUT2D eigenvalue weighted by atomic mass is 10.1. The summed E-state index contributed by atoms with van der Waals surface area (Å²) in [5, 5.41) is 3.46. The highest BCUT2D eigenvalue weighted by Crippen LogP contribution is 2.34. The average molecular weight is 300 g/mol. The molecule has 0 bridgehead atoms. The molecule has 1 aromatic heterocycles. The fourth-order valence-corrected chi connectivity index (χ4v) is 3.50. The van der Waals surface area contributed by atoms with Gasteiger partial charge in [-0.3, -0.25) is 0 Å². The number of halogens is 2. The van der Waals surface area contributed by atoms with E-state index in [-0.39, 0.29) is 6.04 Å². The molecule has 0 aliphatic carbocycles. The number of hydrogen-bond donors (Lipinski definition) is 1. The predicted molar refractivity (Wildman–Crippen MR) is 80.8 cm³/mol. The van der Waals surface area contributed by atoms with Gasteiger partial charge in [-0.05, 0) is 31.0 Å². The molecule has 0 aliphatic rings. The molecule has 2 rings (SSSR count). The number of benzene rings is 1. The van der Waals surface area contributed by atoms with Crippen LogP contribution in [0.3, 0.4) is 0 Å². The third-order valence-electron chi connectivity index (χ3n) is 2.84. The van der Waals surface area contributed by atoms with Gasteiger partial charge in [-0.2, -0.15) is 0 Å². The minimum Gasteiger partial charge on any atom is -0.306 e. The average Bonchev–Trinajstić information content (AvgIpc) is 2.66. The summed E-state index contributed by atoms with van der Waals surface area (Å²) in [5.74, 6) is 0. The van der Waals surface area contributed by atoms with Gasteiger partial charge >= 0.3 is 0 Å². The zero-order valence-electron chi connectivity index (χ0n) is 10.3. The zero-order valence-corrected chi connectivity index (χ0v) is 12.7. The Balaban J connectivity index is 2.00. The molecule has 4 heteroatoms. The monoisotopic (exact) mass is 299 g/mol. The van der Waals surface area contributed by atoms with Crippen LogP contribution in [0.2, 0.25) is 8.67 Å². The first-order chi connectivity index (χ1) is 8.56. The van der Waals surface area contributed by atoms with E-state index in [0.717, 1.165) is 20.8 Å². The lowest BCUT2D eigenvalue weighted by molar-refractivity contribution is 0.576. The van der Waals surface area contributed by atoms with Crippen LogP contribution in [-0.2, 0) is 6.54 Å². The van der Waals surface area contributed by atoms with Crippen LogP contribution in [0.25, 0.3) is 0 Å². The first-order valence-electron chi connectivity index (χ1n) is 5.80. The van der Waals surface area contributed by atoms with Gasteiger partial charge in [-0.25, -0.2) is 0 Å². The Kier molecular flexibility index (Phi) is 4.68. The third-order valence-corrected chi connectivity index (χ3v) is 4.36. The normalized spacial score (nSPS) is 12.7. The van der Waals surface area contributed by atoms with Crippen LogP contribution < -0.4 is 5.32 Å². The summed E-state index contributed by atoms with van der Waals surface area (Å²) in [6, 6.07) is 10.6. The van der Waals surface area contributed by atoms with E-state index in [1.54, 1.807) is 0 Å². The van der Waals surface area contributed by atoms with Crippen molar-refractivity contribution in [2.45, 2.75) is 26.4 Å². The first kappa shape index (κ1) is 13.9. The molecule has 0 aliphatic heterocycles. The van der Waals surface area contributed by atoms with E-state index < -0.39 is 0 Å². The molecule has 0 radical (unpaired) electrons. The molecule has 0 spiro atoms. The highest BCUT2D eigenvalue weighted by atomic mass is 35.5. The Bertz CT molecular complexity index is 536. The molecule has 96 valence electrons. The summed E-state index contributed by atoms with van der Waals surface area (Å²) in [6.07, 6.45) is 0. The Labute approximate surface area is 122 Å². The van der Waals surface area contributed by atoms with E-state index in [0.29, 0.717) is 0 Å². The summed E-state index contributed by atoms with van der Waals surface area (Å²) < 4.78 is 1.50. The zero-order chi connectivity index (χ0) is 13.1. The lowest BCUT2D eigenvalue weighted by Gasteiger charge is -2.13. The van der Waals surface area contributed by atoms with E-state index in [2.05, 4.69) is 43.4 Å². The van der Waals surface area contributed by atoms with Gasteiger partial charge in [0.05, 0.1) is 8.67 Å². The largest absolute Gasteiger partial charge is 0.306 e. The standard InChI is InChI=1S/C14H15Cl2NS/c1-9-4-3-5-11(6-9)8-17-10(2)12-7-13(15)18-14(12)16/h3-7,10,17H,8H2,1-2H3. The van der Waals surface area contributed by atoms with Crippen molar-refractivity contribution in [1.82, 2.24) is 5.32 Å². The van der Waals surface area contributed by atoms with Crippen LogP contribution in [0.15, 0.2) is 30.3 Å². The summed E-state index contributed by atoms with van der Waals surface area (Å²) >= 11 is 13.5. The Morgan fingerprint density at radius 1 is 1.28 bits per heavy atom. The molecule has 0 saturated carbocycles. The maximum atomic E-state index is 6.14.